The van der Waals surface area contributed by atoms with Gasteiger partial charge < -0.3 is 10.1 Å². The third-order valence-electron chi connectivity index (χ3n) is 3.91. The zero-order valence-corrected chi connectivity index (χ0v) is 13.0. The summed E-state index contributed by atoms with van der Waals surface area (Å²) in [6.45, 7) is 0. The first-order chi connectivity index (χ1) is 10.3. The van der Waals surface area contributed by atoms with E-state index in [4.69, 9.17) is 4.74 Å². The van der Waals surface area contributed by atoms with Crippen LogP contribution in [0.2, 0.25) is 0 Å². The van der Waals surface area contributed by atoms with Gasteiger partial charge in [-0.1, -0.05) is 42.5 Å². The van der Waals surface area contributed by atoms with E-state index in [1.165, 1.54) is 24.0 Å². The maximum absolute atomic E-state index is 5.20. The van der Waals surface area contributed by atoms with Crippen molar-refractivity contribution < 1.29 is 4.74 Å². The Bertz CT molecular complexity index is 507. The topological polar surface area (TPSA) is 21.3 Å². The third kappa shape index (κ3) is 5.24. The third-order valence-corrected chi connectivity index (χ3v) is 3.91. The van der Waals surface area contributed by atoms with Crippen LogP contribution in [0.25, 0.3) is 0 Å². The molecule has 2 heteroatoms. The van der Waals surface area contributed by atoms with E-state index in [1.54, 1.807) is 7.11 Å². The second-order valence-electron chi connectivity index (χ2n) is 5.42. The predicted octanol–water partition coefficient (Wildman–Crippen LogP) is 3.85. The van der Waals surface area contributed by atoms with Crippen molar-refractivity contribution in [1.82, 2.24) is 5.32 Å². The van der Waals surface area contributed by atoms with Crippen LogP contribution in [0.3, 0.4) is 0 Å². The highest BCUT2D eigenvalue weighted by Gasteiger charge is 2.07. The van der Waals surface area contributed by atoms with Crippen molar-refractivity contribution in [2.45, 2.75) is 31.7 Å². The van der Waals surface area contributed by atoms with Crippen molar-refractivity contribution in [2.24, 2.45) is 0 Å². The Hall–Kier alpha value is -1.80. The number of aryl methyl sites for hydroxylation is 1. The molecule has 0 spiro atoms. The molecule has 21 heavy (non-hydrogen) atoms. The molecule has 0 radical (unpaired) electrons. The Kier molecular flexibility index (Phi) is 6.29. The molecule has 0 bridgehead atoms. The van der Waals surface area contributed by atoms with Gasteiger partial charge in [-0.25, -0.2) is 0 Å². The van der Waals surface area contributed by atoms with Gasteiger partial charge in [0, 0.05) is 6.04 Å². The molecule has 0 saturated heterocycles. The molecule has 0 aliphatic carbocycles. The second kappa shape index (κ2) is 8.48. The first-order valence-electron chi connectivity index (χ1n) is 7.66. The molecular formula is C19H25NO. The molecule has 2 aromatic carbocycles. The summed E-state index contributed by atoms with van der Waals surface area (Å²) in [5.41, 5.74) is 2.78. The Balaban J connectivity index is 1.79. The van der Waals surface area contributed by atoms with Gasteiger partial charge in [0.1, 0.15) is 5.75 Å². The van der Waals surface area contributed by atoms with Crippen LogP contribution in [0, 0.1) is 0 Å². The molecule has 112 valence electrons. The van der Waals surface area contributed by atoms with Gasteiger partial charge in [0.2, 0.25) is 0 Å². The molecule has 0 aliphatic rings. The van der Waals surface area contributed by atoms with Crippen LogP contribution in [-0.2, 0) is 12.8 Å². The summed E-state index contributed by atoms with van der Waals surface area (Å²) in [6, 6.07) is 19.6. The highest BCUT2D eigenvalue weighted by atomic mass is 16.5. The van der Waals surface area contributed by atoms with E-state index >= 15 is 0 Å². The molecule has 2 nitrogen and oxygen atoms in total. The number of ether oxygens (including phenoxy) is 1. The minimum Gasteiger partial charge on any atom is -0.497 e. The lowest BCUT2D eigenvalue weighted by Crippen LogP contribution is -2.27. The van der Waals surface area contributed by atoms with Crippen LogP contribution in [0.15, 0.2) is 54.6 Å². The quantitative estimate of drug-likeness (QED) is 0.794. The monoisotopic (exact) mass is 283 g/mol. The van der Waals surface area contributed by atoms with Crippen LogP contribution < -0.4 is 10.1 Å². The average molecular weight is 283 g/mol. The molecule has 1 N–H and O–H groups in total. The molecule has 0 aromatic heterocycles. The number of hydrogen-bond donors (Lipinski definition) is 1. The fourth-order valence-corrected chi connectivity index (χ4v) is 2.59. The van der Waals surface area contributed by atoms with E-state index in [0.717, 1.165) is 18.6 Å². The molecule has 0 heterocycles. The van der Waals surface area contributed by atoms with Crippen molar-refractivity contribution in [3.8, 4) is 5.75 Å². The molecule has 1 atom stereocenters. The van der Waals surface area contributed by atoms with Gasteiger partial charge in [-0.15, -0.1) is 0 Å². The van der Waals surface area contributed by atoms with Crippen molar-refractivity contribution >= 4 is 0 Å². The summed E-state index contributed by atoms with van der Waals surface area (Å²) < 4.78 is 5.20. The summed E-state index contributed by atoms with van der Waals surface area (Å²) >= 11 is 0. The number of rotatable bonds is 8. The van der Waals surface area contributed by atoms with Crippen molar-refractivity contribution in [2.75, 3.05) is 14.2 Å². The molecular weight excluding hydrogens is 258 g/mol. The molecule has 0 amide bonds. The Morgan fingerprint density at radius 1 is 0.952 bits per heavy atom. The van der Waals surface area contributed by atoms with Gasteiger partial charge in [0.15, 0.2) is 0 Å². The van der Waals surface area contributed by atoms with Crippen LogP contribution in [0.4, 0.5) is 0 Å². The maximum atomic E-state index is 5.20. The summed E-state index contributed by atoms with van der Waals surface area (Å²) in [4.78, 5) is 0. The minimum absolute atomic E-state index is 0.530. The van der Waals surface area contributed by atoms with Crippen LogP contribution in [0.1, 0.15) is 24.0 Å². The van der Waals surface area contributed by atoms with E-state index < -0.39 is 0 Å². The Labute approximate surface area is 128 Å². The van der Waals surface area contributed by atoms with Gasteiger partial charge in [0.05, 0.1) is 7.11 Å². The Morgan fingerprint density at radius 2 is 1.67 bits per heavy atom. The van der Waals surface area contributed by atoms with E-state index in [9.17, 15) is 0 Å². The number of nitrogens with one attached hydrogen (secondary N) is 1. The van der Waals surface area contributed by atoms with Gasteiger partial charge in [-0.05, 0) is 56.0 Å². The number of likely N-dealkylation sites (N-methyl/N-ethyl adjacent to an activating group) is 1. The van der Waals surface area contributed by atoms with Gasteiger partial charge in [-0.3, -0.25) is 0 Å². The molecule has 0 fully saturated rings. The lowest BCUT2D eigenvalue weighted by molar-refractivity contribution is 0.414. The largest absolute Gasteiger partial charge is 0.497 e. The zero-order valence-electron chi connectivity index (χ0n) is 13.0. The predicted molar refractivity (Wildman–Crippen MR) is 88.9 cm³/mol. The SMILES string of the molecule is CNC(CCCc1ccccc1)Cc1ccc(OC)cc1. The van der Waals surface area contributed by atoms with E-state index in [0.29, 0.717) is 6.04 Å². The van der Waals surface area contributed by atoms with Crippen LogP contribution in [-0.4, -0.2) is 20.2 Å². The highest BCUT2D eigenvalue weighted by molar-refractivity contribution is 5.27. The summed E-state index contributed by atoms with van der Waals surface area (Å²) in [7, 11) is 3.76. The van der Waals surface area contributed by atoms with Crippen LogP contribution in [0.5, 0.6) is 5.75 Å². The summed E-state index contributed by atoms with van der Waals surface area (Å²) in [5.74, 6) is 0.920. The van der Waals surface area contributed by atoms with Crippen molar-refractivity contribution in [1.29, 1.82) is 0 Å². The smallest absolute Gasteiger partial charge is 0.118 e. The average Bonchev–Trinajstić information content (AvgIpc) is 2.55. The summed E-state index contributed by atoms with van der Waals surface area (Å²) in [5, 5.41) is 3.43. The molecule has 0 aliphatic heterocycles. The van der Waals surface area contributed by atoms with Crippen LogP contribution >= 0.6 is 0 Å². The van der Waals surface area contributed by atoms with Crippen molar-refractivity contribution in [3.63, 3.8) is 0 Å². The lowest BCUT2D eigenvalue weighted by atomic mass is 9.99. The minimum atomic E-state index is 0.530. The number of benzene rings is 2. The second-order valence-corrected chi connectivity index (χ2v) is 5.42. The van der Waals surface area contributed by atoms with E-state index in [1.807, 2.05) is 12.1 Å². The highest BCUT2D eigenvalue weighted by Crippen LogP contribution is 2.15. The summed E-state index contributed by atoms with van der Waals surface area (Å²) in [6.07, 6.45) is 4.63. The van der Waals surface area contributed by atoms with Crippen molar-refractivity contribution in [3.05, 3.63) is 65.7 Å². The Morgan fingerprint density at radius 3 is 2.29 bits per heavy atom. The van der Waals surface area contributed by atoms with E-state index in [2.05, 4.69) is 54.8 Å². The standard InChI is InChI=1S/C19H25NO/c1-20-18(10-6-9-16-7-4-3-5-8-16)15-17-11-13-19(21-2)14-12-17/h3-5,7-8,11-14,18,20H,6,9-10,15H2,1-2H3. The fourth-order valence-electron chi connectivity index (χ4n) is 2.59. The molecule has 2 aromatic rings. The van der Waals surface area contributed by atoms with Gasteiger partial charge in [-0.2, -0.15) is 0 Å². The zero-order chi connectivity index (χ0) is 14.9. The molecule has 2 rings (SSSR count). The molecule has 0 saturated carbocycles. The molecule has 1 unspecified atom stereocenters. The van der Waals surface area contributed by atoms with E-state index in [-0.39, 0.29) is 0 Å². The number of hydrogen-bond acceptors (Lipinski definition) is 2. The first-order valence-corrected chi connectivity index (χ1v) is 7.66. The lowest BCUT2D eigenvalue weighted by Gasteiger charge is -2.16. The van der Waals surface area contributed by atoms with Gasteiger partial charge in [0.25, 0.3) is 0 Å². The normalized spacial score (nSPS) is 12.1. The maximum Gasteiger partial charge on any atom is 0.118 e. The van der Waals surface area contributed by atoms with Gasteiger partial charge >= 0.3 is 0 Å². The fraction of sp³-hybridized carbons (Fsp3) is 0.368. The number of methoxy groups -OCH3 is 1. The first kappa shape index (κ1) is 15.6.